The minimum absolute atomic E-state index is 0.0926. The highest BCUT2D eigenvalue weighted by Crippen LogP contribution is 2.13. The predicted molar refractivity (Wildman–Crippen MR) is 85.5 cm³/mol. The zero-order valence-corrected chi connectivity index (χ0v) is 15.1. The Morgan fingerprint density at radius 3 is 2.14 bits per heavy atom. The quantitative estimate of drug-likeness (QED) is 0.227. The van der Waals surface area contributed by atoms with Gasteiger partial charge in [0.05, 0.1) is 27.2 Å². The molecular formula is C15H33NO5S. The van der Waals surface area contributed by atoms with Gasteiger partial charge in [-0.3, -0.25) is 4.55 Å². The first kappa shape index (κ1) is 21.8. The van der Waals surface area contributed by atoms with E-state index in [4.69, 9.17) is 4.55 Å². The van der Waals surface area contributed by atoms with Crippen LogP contribution in [-0.4, -0.2) is 50.9 Å². The van der Waals surface area contributed by atoms with E-state index in [1.165, 1.54) is 32.1 Å². The van der Waals surface area contributed by atoms with Crippen LogP contribution >= 0.6 is 0 Å². The molecule has 1 unspecified atom stereocenters. The van der Waals surface area contributed by atoms with Crippen LogP contribution in [0.15, 0.2) is 0 Å². The van der Waals surface area contributed by atoms with Gasteiger partial charge >= 0.3 is 10.4 Å². The molecule has 0 aliphatic carbocycles. The lowest BCUT2D eigenvalue weighted by molar-refractivity contribution is -0.985. The first-order chi connectivity index (χ1) is 10.2. The van der Waals surface area contributed by atoms with Crippen LogP contribution in [0.4, 0.5) is 0 Å². The normalized spacial score (nSPS) is 14.2. The van der Waals surface area contributed by atoms with Gasteiger partial charge in [0.1, 0.15) is 0 Å². The Morgan fingerprint density at radius 2 is 1.59 bits per heavy atom. The summed E-state index contributed by atoms with van der Waals surface area (Å²) in [7, 11) is -0.667. The Hall–Kier alpha value is -0.210. The number of rotatable bonds is 14. The minimum Gasteiger partial charge on any atom is -0.806 e. The van der Waals surface area contributed by atoms with Crippen molar-refractivity contribution in [2.75, 3.05) is 27.2 Å². The number of unbranched alkanes of at least 4 members (excludes halogenated alkanes) is 6. The van der Waals surface area contributed by atoms with Crippen molar-refractivity contribution in [3.8, 4) is 0 Å². The zero-order chi connectivity index (χ0) is 17.1. The maximum atomic E-state index is 12.2. The molecule has 1 atom stereocenters. The molecule has 6 nitrogen and oxygen atoms in total. The molecule has 0 bridgehead atoms. The van der Waals surface area contributed by atoms with Gasteiger partial charge in [0.2, 0.25) is 0 Å². The predicted octanol–water partition coefficient (Wildman–Crippen LogP) is 2.10. The Bertz CT molecular complexity index is 370. The van der Waals surface area contributed by atoms with Crippen LogP contribution in [0, 0.1) is 0 Å². The Balaban J connectivity index is 3.76. The van der Waals surface area contributed by atoms with E-state index in [0.29, 0.717) is 23.9 Å². The van der Waals surface area contributed by atoms with Gasteiger partial charge in [0, 0.05) is 12.6 Å². The summed E-state index contributed by atoms with van der Waals surface area (Å²) >= 11 is 0. The van der Waals surface area contributed by atoms with Crippen molar-refractivity contribution >= 4 is 10.4 Å². The third kappa shape index (κ3) is 12.3. The van der Waals surface area contributed by atoms with Gasteiger partial charge < -0.3 is 9.59 Å². The summed E-state index contributed by atoms with van der Waals surface area (Å²) in [5.41, 5.74) is 0. The van der Waals surface area contributed by atoms with E-state index in [1.54, 1.807) is 0 Å². The number of quaternary nitrogens is 1. The Morgan fingerprint density at radius 1 is 1.05 bits per heavy atom. The minimum atomic E-state index is -4.37. The molecule has 0 amide bonds. The topological polar surface area (TPSA) is 86.7 Å². The lowest BCUT2D eigenvalue weighted by Gasteiger charge is -2.42. The molecule has 0 aromatic heterocycles. The highest BCUT2D eigenvalue weighted by atomic mass is 32.3. The molecule has 1 N–H and O–H groups in total. The fraction of sp³-hybridized carbons (Fsp3) is 1.00. The molecule has 22 heavy (non-hydrogen) atoms. The van der Waals surface area contributed by atoms with Crippen LogP contribution in [0.25, 0.3) is 0 Å². The van der Waals surface area contributed by atoms with Crippen molar-refractivity contribution in [1.82, 2.24) is 0 Å². The fourth-order valence-electron chi connectivity index (χ4n) is 2.41. The van der Waals surface area contributed by atoms with Crippen molar-refractivity contribution in [3.05, 3.63) is 0 Å². The van der Waals surface area contributed by atoms with Gasteiger partial charge in [0.15, 0.2) is 0 Å². The molecule has 0 aliphatic rings. The van der Waals surface area contributed by atoms with Gasteiger partial charge in [-0.15, -0.1) is 0 Å². The first-order valence-electron chi connectivity index (χ1n) is 8.29. The molecule has 7 heteroatoms. The number of hydrogen-bond acceptors (Lipinski definition) is 4. The third-order valence-electron chi connectivity index (χ3n) is 3.95. The molecule has 0 fully saturated rings. The molecular weight excluding hydrogens is 306 g/mol. The largest absolute Gasteiger partial charge is 0.806 e. The molecule has 0 aliphatic heterocycles. The summed E-state index contributed by atoms with van der Waals surface area (Å²) in [6, 6.07) is 0. The smallest absolute Gasteiger partial charge is 0.397 e. The van der Waals surface area contributed by atoms with E-state index >= 15 is 0 Å². The van der Waals surface area contributed by atoms with Gasteiger partial charge in [0.25, 0.3) is 0 Å². The lowest BCUT2D eigenvalue weighted by Crippen LogP contribution is -2.56. The summed E-state index contributed by atoms with van der Waals surface area (Å²) in [5.74, 6) is 0. The molecule has 0 aromatic rings. The summed E-state index contributed by atoms with van der Waals surface area (Å²) in [5, 5.41) is 12.2. The first-order valence-corrected chi connectivity index (χ1v) is 9.66. The Kier molecular flexibility index (Phi) is 11.2. The van der Waals surface area contributed by atoms with Crippen LogP contribution in [-0.2, 0) is 14.6 Å². The van der Waals surface area contributed by atoms with Crippen molar-refractivity contribution in [2.45, 2.75) is 70.9 Å². The highest BCUT2D eigenvalue weighted by molar-refractivity contribution is 7.80. The van der Waals surface area contributed by atoms with Crippen molar-refractivity contribution < 1.29 is 26.7 Å². The van der Waals surface area contributed by atoms with E-state index in [9.17, 15) is 13.5 Å². The summed E-state index contributed by atoms with van der Waals surface area (Å²) < 4.78 is 33.9. The van der Waals surface area contributed by atoms with E-state index < -0.39 is 16.6 Å². The SMILES string of the molecule is CCCCCCCCCC([O-])[N+](C)(C)CCCOS(=O)(=O)O. The monoisotopic (exact) mass is 339 g/mol. The maximum absolute atomic E-state index is 12.2. The standard InChI is InChI=1S/C15H33NO5S/c1-4-5-6-7-8-9-10-12-15(17)16(2,3)13-11-14-21-22(18,19)20/h15H,4-14H2,1-3H3,(H,18,19,20). The van der Waals surface area contributed by atoms with Crippen LogP contribution in [0.1, 0.15) is 64.7 Å². The van der Waals surface area contributed by atoms with Crippen LogP contribution < -0.4 is 5.11 Å². The van der Waals surface area contributed by atoms with Crippen LogP contribution in [0.2, 0.25) is 0 Å². The highest BCUT2D eigenvalue weighted by Gasteiger charge is 2.18. The van der Waals surface area contributed by atoms with Crippen molar-refractivity contribution in [3.63, 3.8) is 0 Å². The second kappa shape index (κ2) is 11.3. The molecule has 0 aromatic carbocycles. The molecule has 0 radical (unpaired) electrons. The average molecular weight is 339 g/mol. The molecule has 0 spiro atoms. The van der Waals surface area contributed by atoms with Crippen molar-refractivity contribution in [1.29, 1.82) is 0 Å². The van der Waals surface area contributed by atoms with Gasteiger partial charge in [-0.1, -0.05) is 45.4 Å². The zero-order valence-electron chi connectivity index (χ0n) is 14.3. The van der Waals surface area contributed by atoms with Crippen molar-refractivity contribution in [2.24, 2.45) is 0 Å². The van der Waals surface area contributed by atoms with Crippen LogP contribution in [0.5, 0.6) is 0 Å². The summed E-state index contributed by atoms with van der Waals surface area (Å²) in [6.07, 6.45) is 8.68. The molecule has 0 saturated heterocycles. The second-order valence-corrected chi connectivity index (χ2v) is 7.56. The summed E-state index contributed by atoms with van der Waals surface area (Å²) in [6.45, 7) is 2.63. The van der Waals surface area contributed by atoms with E-state index in [-0.39, 0.29) is 6.61 Å². The molecule has 134 valence electrons. The van der Waals surface area contributed by atoms with E-state index in [0.717, 1.165) is 12.8 Å². The second-order valence-electron chi connectivity index (χ2n) is 6.47. The fourth-order valence-corrected chi connectivity index (χ4v) is 2.73. The molecule has 0 heterocycles. The van der Waals surface area contributed by atoms with Crippen LogP contribution in [0.3, 0.4) is 0 Å². The van der Waals surface area contributed by atoms with E-state index in [2.05, 4.69) is 11.1 Å². The summed E-state index contributed by atoms with van der Waals surface area (Å²) in [4.78, 5) is 0. The van der Waals surface area contributed by atoms with Gasteiger partial charge in [-0.25, -0.2) is 4.18 Å². The third-order valence-corrected chi connectivity index (χ3v) is 4.41. The van der Waals surface area contributed by atoms with Gasteiger partial charge in [-0.2, -0.15) is 8.42 Å². The number of nitrogens with zero attached hydrogens (tertiary/aromatic N) is 1. The molecule has 0 rings (SSSR count). The lowest BCUT2D eigenvalue weighted by atomic mass is 10.1. The molecule has 0 saturated carbocycles. The number of hydrogen-bond donors (Lipinski definition) is 1. The van der Waals surface area contributed by atoms with Gasteiger partial charge in [-0.05, 0) is 12.8 Å². The maximum Gasteiger partial charge on any atom is 0.397 e. The average Bonchev–Trinajstić information content (AvgIpc) is 2.41. The Labute approximate surface area is 136 Å². The van der Waals surface area contributed by atoms with E-state index in [1.807, 2.05) is 14.1 Å².